The zero-order valence-corrected chi connectivity index (χ0v) is 7.99. The van der Waals surface area contributed by atoms with Gasteiger partial charge in [-0.3, -0.25) is 4.79 Å². The zero-order chi connectivity index (χ0) is 8.48. The number of thioether (sulfide) groups is 1. The highest BCUT2D eigenvalue weighted by Gasteiger charge is 2.31. The molecule has 3 heteroatoms. The van der Waals surface area contributed by atoms with E-state index in [-0.39, 0.29) is 11.3 Å². The standard InChI is InChI=1S/C8H13NOS/c1-4-6-9-7(10)8(2,3)5-11-6/h4-5H2,1-3H3. The Kier molecular flexibility index (Phi) is 2.37. The van der Waals surface area contributed by atoms with E-state index in [0.717, 1.165) is 17.2 Å². The number of aliphatic imine (C=N–C) groups is 1. The van der Waals surface area contributed by atoms with Crippen molar-refractivity contribution in [2.75, 3.05) is 5.75 Å². The Hall–Kier alpha value is -0.310. The molecular formula is C8H13NOS. The molecule has 2 nitrogen and oxygen atoms in total. The van der Waals surface area contributed by atoms with Crippen molar-refractivity contribution in [3.8, 4) is 0 Å². The first kappa shape index (κ1) is 8.78. The van der Waals surface area contributed by atoms with Crippen molar-refractivity contribution >= 4 is 22.7 Å². The predicted molar refractivity (Wildman–Crippen MR) is 49.0 cm³/mol. The van der Waals surface area contributed by atoms with Gasteiger partial charge in [-0.2, -0.15) is 0 Å². The van der Waals surface area contributed by atoms with E-state index in [4.69, 9.17) is 0 Å². The quantitative estimate of drug-likeness (QED) is 0.604. The van der Waals surface area contributed by atoms with Crippen molar-refractivity contribution in [2.45, 2.75) is 27.2 Å². The van der Waals surface area contributed by atoms with Crippen LogP contribution in [-0.2, 0) is 4.79 Å². The summed E-state index contributed by atoms with van der Waals surface area (Å²) in [5.74, 6) is 0.909. The Morgan fingerprint density at radius 1 is 1.64 bits per heavy atom. The van der Waals surface area contributed by atoms with Crippen LogP contribution in [0.3, 0.4) is 0 Å². The molecule has 0 saturated heterocycles. The Morgan fingerprint density at radius 2 is 2.27 bits per heavy atom. The largest absolute Gasteiger partial charge is 0.272 e. The fraction of sp³-hybridized carbons (Fsp3) is 0.750. The normalized spacial score (nSPS) is 23.2. The molecule has 0 atom stereocenters. The molecule has 0 saturated carbocycles. The van der Waals surface area contributed by atoms with E-state index in [1.54, 1.807) is 11.8 Å². The molecule has 0 aromatic heterocycles. The number of hydrogen-bond acceptors (Lipinski definition) is 2. The van der Waals surface area contributed by atoms with E-state index in [1.807, 2.05) is 20.8 Å². The average Bonchev–Trinajstić information content (AvgIpc) is 1.95. The lowest BCUT2D eigenvalue weighted by molar-refractivity contribution is -0.124. The fourth-order valence-corrected chi connectivity index (χ4v) is 1.81. The second-order valence-electron chi connectivity index (χ2n) is 3.34. The molecule has 0 fully saturated rings. The smallest absolute Gasteiger partial charge is 0.252 e. The van der Waals surface area contributed by atoms with Crippen LogP contribution in [-0.4, -0.2) is 16.7 Å². The van der Waals surface area contributed by atoms with Gasteiger partial charge in [-0.1, -0.05) is 20.8 Å². The fourth-order valence-electron chi connectivity index (χ4n) is 0.803. The minimum Gasteiger partial charge on any atom is -0.272 e. The molecule has 1 amide bonds. The molecule has 0 N–H and O–H groups in total. The predicted octanol–water partition coefficient (Wildman–Crippen LogP) is 2.09. The molecule has 1 rings (SSSR count). The van der Waals surface area contributed by atoms with E-state index in [1.165, 1.54) is 0 Å². The van der Waals surface area contributed by atoms with Crippen molar-refractivity contribution in [3.05, 3.63) is 0 Å². The van der Waals surface area contributed by atoms with Gasteiger partial charge in [0.05, 0.1) is 10.5 Å². The molecule has 1 aliphatic rings. The van der Waals surface area contributed by atoms with Gasteiger partial charge in [0, 0.05) is 5.75 Å². The number of amides is 1. The van der Waals surface area contributed by atoms with Crippen LogP contribution in [0, 0.1) is 5.41 Å². The third kappa shape index (κ3) is 1.83. The molecule has 0 unspecified atom stereocenters. The van der Waals surface area contributed by atoms with Crippen LogP contribution in [0.5, 0.6) is 0 Å². The molecule has 1 aliphatic heterocycles. The van der Waals surface area contributed by atoms with Crippen molar-refractivity contribution < 1.29 is 4.79 Å². The lowest BCUT2D eigenvalue weighted by Gasteiger charge is -2.24. The average molecular weight is 171 g/mol. The molecule has 62 valence electrons. The summed E-state index contributed by atoms with van der Waals surface area (Å²) in [7, 11) is 0. The summed E-state index contributed by atoms with van der Waals surface area (Å²) < 4.78 is 0. The van der Waals surface area contributed by atoms with Crippen molar-refractivity contribution in [2.24, 2.45) is 10.4 Å². The van der Waals surface area contributed by atoms with Crippen LogP contribution >= 0.6 is 11.8 Å². The maximum atomic E-state index is 11.3. The van der Waals surface area contributed by atoms with Gasteiger partial charge < -0.3 is 0 Å². The maximum absolute atomic E-state index is 11.3. The molecular weight excluding hydrogens is 158 g/mol. The summed E-state index contributed by atoms with van der Waals surface area (Å²) in [6.07, 6.45) is 0.881. The third-order valence-corrected chi connectivity index (χ3v) is 3.29. The van der Waals surface area contributed by atoms with Gasteiger partial charge in [-0.05, 0) is 6.42 Å². The number of carbonyl (C=O) groups is 1. The minimum atomic E-state index is -0.247. The molecule has 0 spiro atoms. The molecule has 0 aliphatic carbocycles. The Labute approximate surface area is 71.5 Å². The molecule has 0 radical (unpaired) electrons. The van der Waals surface area contributed by atoms with E-state index < -0.39 is 0 Å². The van der Waals surface area contributed by atoms with Gasteiger partial charge in [0.25, 0.3) is 5.91 Å². The maximum Gasteiger partial charge on any atom is 0.252 e. The van der Waals surface area contributed by atoms with Crippen LogP contribution in [0.1, 0.15) is 27.2 Å². The SMILES string of the molecule is CCC1=NC(=O)C(C)(C)CS1. The zero-order valence-electron chi connectivity index (χ0n) is 7.18. The molecule has 0 aromatic rings. The van der Waals surface area contributed by atoms with Gasteiger partial charge in [-0.15, -0.1) is 11.8 Å². The molecule has 11 heavy (non-hydrogen) atoms. The van der Waals surface area contributed by atoms with Crippen molar-refractivity contribution in [3.63, 3.8) is 0 Å². The van der Waals surface area contributed by atoms with Gasteiger partial charge in [-0.25, -0.2) is 4.99 Å². The molecule has 1 heterocycles. The highest BCUT2D eigenvalue weighted by molar-refractivity contribution is 8.14. The number of hydrogen-bond donors (Lipinski definition) is 0. The second-order valence-corrected chi connectivity index (χ2v) is 4.39. The monoisotopic (exact) mass is 171 g/mol. The van der Waals surface area contributed by atoms with Gasteiger partial charge in [0.1, 0.15) is 0 Å². The van der Waals surface area contributed by atoms with E-state index in [2.05, 4.69) is 4.99 Å². The number of nitrogens with zero attached hydrogens (tertiary/aromatic N) is 1. The lowest BCUT2D eigenvalue weighted by atomic mass is 9.95. The van der Waals surface area contributed by atoms with Crippen LogP contribution in [0.4, 0.5) is 0 Å². The van der Waals surface area contributed by atoms with E-state index in [0.29, 0.717) is 0 Å². The topological polar surface area (TPSA) is 29.4 Å². The first-order valence-electron chi connectivity index (χ1n) is 3.81. The molecule has 0 aromatic carbocycles. The summed E-state index contributed by atoms with van der Waals surface area (Å²) in [6, 6.07) is 0. The van der Waals surface area contributed by atoms with Crippen LogP contribution in [0.15, 0.2) is 4.99 Å². The second kappa shape index (κ2) is 2.97. The third-order valence-electron chi connectivity index (χ3n) is 1.71. The van der Waals surface area contributed by atoms with Crippen LogP contribution in [0.2, 0.25) is 0 Å². The Balaban J connectivity index is 2.79. The highest BCUT2D eigenvalue weighted by Crippen LogP contribution is 2.29. The van der Waals surface area contributed by atoms with Crippen molar-refractivity contribution in [1.82, 2.24) is 0 Å². The Bertz CT molecular complexity index is 208. The van der Waals surface area contributed by atoms with Gasteiger partial charge >= 0.3 is 0 Å². The molecule has 0 bridgehead atoms. The summed E-state index contributed by atoms with van der Waals surface area (Å²) in [4.78, 5) is 15.3. The highest BCUT2D eigenvalue weighted by atomic mass is 32.2. The van der Waals surface area contributed by atoms with Gasteiger partial charge in [0.15, 0.2) is 0 Å². The summed E-state index contributed by atoms with van der Waals surface area (Å²) in [5, 5.41) is 0.981. The summed E-state index contributed by atoms with van der Waals surface area (Å²) in [6.45, 7) is 5.91. The van der Waals surface area contributed by atoms with Gasteiger partial charge in [0.2, 0.25) is 0 Å². The van der Waals surface area contributed by atoms with Crippen molar-refractivity contribution in [1.29, 1.82) is 0 Å². The first-order valence-corrected chi connectivity index (χ1v) is 4.79. The Morgan fingerprint density at radius 3 is 2.73 bits per heavy atom. The van der Waals surface area contributed by atoms with Crippen LogP contribution < -0.4 is 0 Å². The van der Waals surface area contributed by atoms with Crippen LogP contribution in [0.25, 0.3) is 0 Å². The number of carbonyl (C=O) groups excluding carboxylic acids is 1. The number of rotatable bonds is 1. The van der Waals surface area contributed by atoms with E-state index >= 15 is 0 Å². The van der Waals surface area contributed by atoms with E-state index in [9.17, 15) is 4.79 Å². The minimum absolute atomic E-state index is 0.0353. The first-order chi connectivity index (χ1) is 5.06. The summed E-state index contributed by atoms with van der Waals surface area (Å²) >= 11 is 1.70. The summed E-state index contributed by atoms with van der Waals surface area (Å²) in [5.41, 5.74) is -0.247. The lowest BCUT2D eigenvalue weighted by Crippen LogP contribution is -2.30.